The van der Waals surface area contributed by atoms with Crippen LogP contribution in [0.15, 0.2) is 30.6 Å². The van der Waals surface area contributed by atoms with Crippen molar-refractivity contribution < 1.29 is 33.0 Å². The number of anilines is 1. The molecule has 10 nitrogen and oxygen atoms in total. The maximum atomic E-state index is 13.6. The summed E-state index contributed by atoms with van der Waals surface area (Å²) in [6.07, 6.45) is -3.62. The first-order chi connectivity index (χ1) is 15.7. The van der Waals surface area contributed by atoms with Crippen LogP contribution in [0, 0.1) is 6.92 Å². The summed E-state index contributed by atoms with van der Waals surface area (Å²) in [5.74, 6) is -2.75. The smallest absolute Gasteiger partial charge is 0.391 e. The van der Waals surface area contributed by atoms with Crippen molar-refractivity contribution in [2.24, 2.45) is 5.73 Å². The first-order valence-corrected chi connectivity index (χ1v) is 10.0. The number of hydrogen-bond acceptors (Lipinski definition) is 7. The normalized spacial score (nSPS) is 15.5. The molecule has 0 aliphatic heterocycles. The van der Waals surface area contributed by atoms with Gasteiger partial charge in [0, 0.05) is 17.3 Å². The van der Waals surface area contributed by atoms with Crippen LogP contribution in [-0.4, -0.2) is 54.7 Å². The Morgan fingerprint density at radius 2 is 1.88 bits per heavy atom. The largest absolute Gasteiger partial charge is 0.430 e. The first kappa shape index (κ1) is 24.9. The second-order valence-electron chi connectivity index (χ2n) is 7.95. The van der Waals surface area contributed by atoms with Gasteiger partial charge in [0.05, 0.1) is 24.0 Å². The van der Waals surface area contributed by atoms with Gasteiger partial charge in [0.2, 0.25) is 0 Å². The van der Waals surface area contributed by atoms with E-state index in [1.165, 1.54) is 29.8 Å². The number of nitrogen functional groups attached to an aromatic ring is 1. The molecule has 0 saturated heterocycles. The van der Waals surface area contributed by atoms with Crippen LogP contribution < -0.4 is 16.8 Å². The number of aromatic nitrogens is 3. The van der Waals surface area contributed by atoms with Gasteiger partial charge in [0.25, 0.3) is 17.4 Å². The third-order valence-corrected chi connectivity index (χ3v) is 5.53. The van der Waals surface area contributed by atoms with Crippen LogP contribution in [0.1, 0.15) is 35.5 Å². The first-order valence-electron chi connectivity index (χ1n) is 10.0. The number of primary amides is 1. The minimum absolute atomic E-state index is 0.124. The molecule has 3 atom stereocenters. The molecule has 0 fully saturated rings. The average molecular weight is 480 g/mol. The lowest BCUT2D eigenvalue weighted by Gasteiger charge is -2.28. The fraction of sp³-hybridized carbons (Fsp3) is 0.333. The minimum Gasteiger partial charge on any atom is -0.391 e. The Hall–Kier alpha value is -3.71. The van der Waals surface area contributed by atoms with Crippen LogP contribution in [-0.2, 0) is 10.4 Å². The molecule has 3 rings (SSSR count). The van der Waals surface area contributed by atoms with E-state index in [1.807, 2.05) is 0 Å². The van der Waals surface area contributed by atoms with Crippen molar-refractivity contribution in [1.82, 2.24) is 19.7 Å². The van der Waals surface area contributed by atoms with Crippen molar-refractivity contribution in [1.29, 1.82) is 0 Å². The number of amides is 2. The van der Waals surface area contributed by atoms with E-state index in [0.717, 1.165) is 12.1 Å². The van der Waals surface area contributed by atoms with E-state index in [4.69, 9.17) is 11.5 Å². The van der Waals surface area contributed by atoms with Gasteiger partial charge in [-0.3, -0.25) is 14.0 Å². The molecule has 182 valence electrons. The third kappa shape index (κ3) is 4.15. The van der Waals surface area contributed by atoms with Crippen LogP contribution in [0.25, 0.3) is 16.9 Å². The van der Waals surface area contributed by atoms with E-state index in [0.29, 0.717) is 5.56 Å². The molecule has 0 aliphatic rings. The maximum absolute atomic E-state index is 13.6. The molecule has 13 heteroatoms. The standard InChI is InChI=1S/C21H23F3N6O4/c1-9-4-5-12(20(34,19(26)33)21(22,23)24)6-13(9)15-7-27-17-16(25)29-14(8-30(15)17)18(32)28-10(2)11(3)31/h4-8,10-11,31,34H,1-3H3,(H2,25,29)(H2,26,33)(H,28,32). The predicted octanol–water partition coefficient (Wildman–Crippen LogP) is 1.02. The number of imidazole rings is 1. The van der Waals surface area contributed by atoms with E-state index in [9.17, 15) is 33.0 Å². The van der Waals surface area contributed by atoms with E-state index >= 15 is 0 Å². The van der Waals surface area contributed by atoms with E-state index in [-0.39, 0.29) is 28.4 Å². The van der Waals surface area contributed by atoms with Crippen LogP contribution in [0.4, 0.5) is 19.0 Å². The quantitative estimate of drug-likeness (QED) is 0.351. The van der Waals surface area contributed by atoms with E-state index < -0.39 is 41.3 Å². The average Bonchev–Trinajstić information content (AvgIpc) is 3.16. The van der Waals surface area contributed by atoms with Gasteiger partial charge in [-0.15, -0.1) is 0 Å². The fourth-order valence-corrected chi connectivity index (χ4v) is 3.29. The maximum Gasteiger partial charge on any atom is 0.430 e. The Bertz CT molecular complexity index is 1270. The number of nitrogens with two attached hydrogens (primary N) is 2. The van der Waals surface area contributed by atoms with Crippen molar-refractivity contribution >= 4 is 23.3 Å². The lowest BCUT2D eigenvalue weighted by molar-refractivity contribution is -0.255. The summed E-state index contributed by atoms with van der Waals surface area (Å²) < 4.78 is 42.1. The number of aliphatic hydroxyl groups is 2. The summed E-state index contributed by atoms with van der Waals surface area (Å²) in [6, 6.07) is 2.61. The Kier molecular flexibility index (Phi) is 6.28. The van der Waals surface area contributed by atoms with E-state index in [2.05, 4.69) is 15.3 Å². The van der Waals surface area contributed by atoms with Gasteiger partial charge in [-0.1, -0.05) is 12.1 Å². The molecule has 3 unspecified atom stereocenters. The van der Waals surface area contributed by atoms with Gasteiger partial charge < -0.3 is 27.0 Å². The number of nitrogens with zero attached hydrogens (tertiary/aromatic N) is 3. The zero-order valence-corrected chi connectivity index (χ0v) is 18.4. The SMILES string of the molecule is Cc1ccc(C(O)(C(N)=O)C(F)(F)F)cc1-c1cnc2c(N)nc(C(=O)NC(C)C(C)O)cn12. The molecule has 2 amide bonds. The summed E-state index contributed by atoms with van der Waals surface area (Å²) >= 11 is 0. The fourth-order valence-electron chi connectivity index (χ4n) is 3.29. The molecule has 34 heavy (non-hydrogen) atoms. The van der Waals surface area contributed by atoms with Gasteiger partial charge in [0.1, 0.15) is 5.69 Å². The predicted molar refractivity (Wildman–Crippen MR) is 115 cm³/mol. The van der Waals surface area contributed by atoms with Crippen molar-refractivity contribution in [3.8, 4) is 11.3 Å². The van der Waals surface area contributed by atoms with Gasteiger partial charge >= 0.3 is 6.18 Å². The molecular weight excluding hydrogens is 457 g/mol. The number of aryl methyl sites for hydroxylation is 1. The number of alkyl halides is 3. The molecule has 2 aromatic heterocycles. The number of hydrogen-bond donors (Lipinski definition) is 5. The topological polar surface area (TPSA) is 169 Å². The summed E-state index contributed by atoms with van der Waals surface area (Å²) in [5.41, 5.74) is 7.00. The molecule has 7 N–H and O–H groups in total. The van der Waals surface area contributed by atoms with Gasteiger partial charge in [-0.25, -0.2) is 9.97 Å². The van der Waals surface area contributed by atoms with Crippen molar-refractivity contribution in [3.63, 3.8) is 0 Å². The van der Waals surface area contributed by atoms with Gasteiger partial charge in [-0.05, 0) is 32.4 Å². The highest BCUT2D eigenvalue weighted by Gasteiger charge is 2.60. The van der Waals surface area contributed by atoms with Gasteiger partial charge in [0.15, 0.2) is 11.5 Å². The zero-order chi connectivity index (χ0) is 25.6. The summed E-state index contributed by atoms with van der Waals surface area (Å²) in [6.45, 7) is 4.67. The number of carbonyl (C=O) groups excluding carboxylic acids is 2. The highest BCUT2D eigenvalue weighted by Crippen LogP contribution is 2.40. The second-order valence-corrected chi connectivity index (χ2v) is 7.95. The number of nitrogens with one attached hydrogen (secondary N) is 1. The number of halogens is 3. The summed E-state index contributed by atoms with van der Waals surface area (Å²) in [7, 11) is 0. The molecule has 0 bridgehead atoms. The number of carbonyl (C=O) groups is 2. The minimum atomic E-state index is -5.37. The lowest BCUT2D eigenvalue weighted by Crippen LogP contribution is -2.52. The molecule has 0 saturated carbocycles. The monoisotopic (exact) mass is 480 g/mol. The molecule has 1 aromatic carbocycles. The van der Waals surface area contributed by atoms with Crippen molar-refractivity contribution in [3.05, 3.63) is 47.4 Å². The Labute approximate surface area is 191 Å². The zero-order valence-electron chi connectivity index (χ0n) is 18.4. The van der Waals surface area contributed by atoms with E-state index in [1.54, 1.807) is 13.8 Å². The second kappa shape index (κ2) is 8.57. The Morgan fingerprint density at radius 3 is 2.44 bits per heavy atom. The highest BCUT2D eigenvalue weighted by atomic mass is 19.4. The highest BCUT2D eigenvalue weighted by molar-refractivity contribution is 5.93. The summed E-state index contributed by atoms with van der Waals surface area (Å²) in [5, 5.41) is 22.4. The Balaban J connectivity index is 2.18. The van der Waals surface area contributed by atoms with Crippen LogP contribution in [0.3, 0.4) is 0 Å². The van der Waals surface area contributed by atoms with Crippen molar-refractivity contribution in [2.45, 2.75) is 44.7 Å². The molecule has 0 aliphatic carbocycles. The van der Waals surface area contributed by atoms with Crippen LogP contribution in [0.2, 0.25) is 0 Å². The molecule has 2 heterocycles. The molecule has 0 spiro atoms. The molecule has 3 aromatic rings. The third-order valence-electron chi connectivity index (χ3n) is 5.53. The van der Waals surface area contributed by atoms with Crippen LogP contribution in [0.5, 0.6) is 0 Å². The summed E-state index contributed by atoms with van der Waals surface area (Å²) in [4.78, 5) is 32.3. The number of aliphatic hydroxyl groups excluding tert-OH is 1. The Morgan fingerprint density at radius 1 is 1.24 bits per heavy atom. The number of rotatable bonds is 6. The van der Waals surface area contributed by atoms with Gasteiger partial charge in [-0.2, -0.15) is 13.2 Å². The number of benzene rings is 1. The number of fused-ring (bicyclic) bond motifs is 1. The van der Waals surface area contributed by atoms with Crippen LogP contribution >= 0.6 is 0 Å². The molecule has 0 radical (unpaired) electrons. The van der Waals surface area contributed by atoms with Crippen molar-refractivity contribution in [2.75, 3.05) is 5.73 Å². The lowest BCUT2D eigenvalue weighted by atomic mass is 9.89. The molecular formula is C21H23F3N6O4.